The number of hydrogen-bond acceptors (Lipinski definition) is 2. The van der Waals surface area contributed by atoms with Crippen LogP contribution in [0.5, 0.6) is 0 Å². The predicted molar refractivity (Wildman–Crippen MR) is 109 cm³/mol. The van der Waals surface area contributed by atoms with Crippen molar-refractivity contribution >= 4 is 11.6 Å². The van der Waals surface area contributed by atoms with E-state index >= 15 is 0 Å². The van der Waals surface area contributed by atoms with Crippen LogP contribution in [0.2, 0.25) is 0 Å². The van der Waals surface area contributed by atoms with Crippen LogP contribution in [0, 0.1) is 6.92 Å². The molecule has 1 atom stereocenters. The van der Waals surface area contributed by atoms with E-state index < -0.39 is 0 Å². The van der Waals surface area contributed by atoms with Gasteiger partial charge in [-0.25, -0.2) is 0 Å². The molecule has 0 spiro atoms. The summed E-state index contributed by atoms with van der Waals surface area (Å²) >= 11 is 0. The second-order valence-corrected chi connectivity index (χ2v) is 7.35. The van der Waals surface area contributed by atoms with Gasteiger partial charge in [0.05, 0.1) is 6.54 Å². The molecule has 0 fully saturated rings. The molecule has 3 nitrogen and oxygen atoms in total. The Kier molecular flexibility index (Phi) is 6.10. The highest BCUT2D eigenvalue weighted by Crippen LogP contribution is 2.25. The average molecular weight is 351 g/mol. The second kappa shape index (κ2) is 8.50. The molecule has 0 aliphatic heterocycles. The Hall–Kier alpha value is -2.13. The van der Waals surface area contributed by atoms with Crippen molar-refractivity contribution in [1.82, 2.24) is 5.32 Å². The Labute approximate surface area is 157 Å². The molecule has 1 aliphatic carbocycles. The number of carbonyl (C=O) groups excluding carboxylic acids is 1. The van der Waals surface area contributed by atoms with E-state index in [4.69, 9.17) is 0 Å². The van der Waals surface area contributed by atoms with Crippen LogP contribution in [-0.4, -0.2) is 12.5 Å². The zero-order chi connectivity index (χ0) is 18.5. The lowest BCUT2D eigenvalue weighted by Gasteiger charge is -2.20. The standard InChI is InChI=1S/C23H30N2O/c1-4-18-11-7-8-16(2)23(18)25-22(26)15-24-17(3)20-13-12-19-9-5-6-10-21(19)14-20/h7-8,11-14,17,24H,4-6,9-10,15H2,1-3H3,(H,25,26)/t17-/m0/s1. The van der Waals surface area contributed by atoms with Crippen LogP contribution in [0.3, 0.4) is 0 Å². The van der Waals surface area contributed by atoms with Crippen molar-refractivity contribution in [3.8, 4) is 0 Å². The molecular formula is C23H30N2O. The Morgan fingerprint density at radius 3 is 2.65 bits per heavy atom. The first kappa shape index (κ1) is 18.7. The van der Waals surface area contributed by atoms with Gasteiger partial charge in [-0.1, -0.05) is 43.3 Å². The van der Waals surface area contributed by atoms with E-state index in [9.17, 15) is 4.79 Å². The summed E-state index contributed by atoms with van der Waals surface area (Å²) in [7, 11) is 0. The number of nitrogens with one attached hydrogen (secondary N) is 2. The van der Waals surface area contributed by atoms with Gasteiger partial charge >= 0.3 is 0 Å². The zero-order valence-electron chi connectivity index (χ0n) is 16.2. The molecule has 0 heterocycles. The van der Waals surface area contributed by atoms with Gasteiger partial charge in [0, 0.05) is 11.7 Å². The molecule has 2 aromatic rings. The molecule has 3 heteroatoms. The van der Waals surface area contributed by atoms with Gasteiger partial charge in [-0.15, -0.1) is 0 Å². The van der Waals surface area contributed by atoms with Crippen molar-refractivity contribution in [3.05, 3.63) is 64.2 Å². The summed E-state index contributed by atoms with van der Waals surface area (Å²) in [4.78, 5) is 12.4. The molecule has 0 radical (unpaired) electrons. The van der Waals surface area contributed by atoms with Crippen LogP contribution in [0.15, 0.2) is 36.4 Å². The van der Waals surface area contributed by atoms with E-state index in [1.165, 1.54) is 47.9 Å². The molecule has 0 aromatic heterocycles. The molecule has 3 rings (SSSR count). The number of benzene rings is 2. The third kappa shape index (κ3) is 4.34. The number of para-hydroxylation sites is 1. The molecule has 1 amide bonds. The fraction of sp³-hybridized carbons (Fsp3) is 0.435. The molecule has 2 aromatic carbocycles. The highest BCUT2D eigenvalue weighted by Gasteiger charge is 2.14. The molecule has 1 aliphatic rings. The van der Waals surface area contributed by atoms with E-state index in [0.717, 1.165) is 17.7 Å². The fourth-order valence-electron chi connectivity index (χ4n) is 3.77. The zero-order valence-corrected chi connectivity index (χ0v) is 16.2. The van der Waals surface area contributed by atoms with Crippen molar-refractivity contribution in [2.24, 2.45) is 0 Å². The summed E-state index contributed by atoms with van der Waals surface area (Å²) in [5, 5.41) is 6.46. The average Bonchev–Trinajstić information content (AvgIpc) is 2.67. The van der Waals surface area contributed by atoms with Crippen molar-refractivity contribution in [2.45, 2.75) is 58.9 Å². The summed E-state index contributed by atoms with van der Waals surface area (Å²) in [6.45, 7) is 6.59. The fourth-order valence-corrected chi connectivity index (χ4v) is 3.77. The molecular weight excluding hydrogens is 320 g/mol. The minimum atomic E-state index is 0.0128. The quantitative estimate of drug-likeness (QED) is 0.791. The highest BCUT2D eigenvalue weighted by molar-refractivity contribution is 5.93. The Morgan fingerprint density at radius 1 is 1.12 bits per heavy atom. The third-order valence-corrected chi connectivity index (χ3v) is 5.45. The number of anilines is 1. The van der Waals surface area contributed by atoms with E-state index in [0.29, 0.717) is 6.54 Å². The normalized spacial score (nSPS) is 14.6. The van der Waals surface area contributed by atoms with Crippen LogP contribution in [0.4, 0.5) is 5.69 Å². The van der Waals surface area contributed by atoms with E-state index in [1.807, 2.05) is 19.1 Å². The van der Waals surface area contributed by atoms with Crippen LogP contribution < -0.4 is 10.6 Å². The summed E-state index contributed by atoms with van der Waals surface area (Å²) in [6.07, 6.45) is 5.89. The van der Waals surface area contributed by atoms with Crippen molar-refractivity contribution in [1.29, 1.82) is 0 Å². The second-order valence-electron chi connectivity index (χ2n) is 7.35. The predicted octanol–water partition coefficient (Wildman–Crippen LogP) is 4.73. The van der Waals surface area contributed by atoms with Gasteiger partial charge in [0.25, 0.3) is 0 Å². The topological polar surface area (TPSA) is 41.1 Å². The summed E-state index contributed by atoms with van der Waals surface area (Å²) in [5.74, 6) is 0.0128. The maximum atomic E-state index is 12.4. The molecule has 0 saturated carbocycles. The minimum Gasteiger partial charge on any atom is -0.324 e. The van der Waals surface area contributed by atoms with Crippen molar-refractivity contribution < 1.29 is 4.79 Å². The summed E-state index contributed by atoms with van der Waals surface area (Å²) < 4.78 is 0. The Balaban J connectivity index is 1.59. The van der Waals surface area contributed by atoms with Crippen LogP contribution in [-0.2, 0) is 24.1 Å². The van der Waals surface area contributed by atoms with Crippen molar-refractivity contribution in [3.63, 3.8) is 0 Å². The number of hydrogen-bond donors (Lipinski definition) is 2. The lowest BCUT2D eigenvalue weighted by molar-refractivity contribution is -0.115. The van der Waals surface area contributed by atoms with Crippen LogP contribution in [0.25, 0.3) is 0 Å². The third-order valence-electron chi connectivity index (χ3n) is 5.45. The first-order valence-corrected chi connectivity index (χ1v) is 9.82. The number of rotatable bonds is 6. The van der Waals surface area contributed by atoms with Gasteiger partial charge in [0.15, 0.2) is 0 Å². The maximum Gasteiger partial charge on any atom is 0.238 e. The van der Waals surface area contributed by atoms with Gasteiger partial charge in [-0.05, 0) is 73.8 Å². The summed E-state index contributed by atoms with van der Waals surface area (Å²) in [6, 6.07) is 13.1. The lowest BCUT2D eigenvalue weighted by atomic mass is 9.89. The molecule has 138 valence electrons. The molecule has 26 heavy (non-hydrogen) atoms. The number of carbonyl (C=O) groups is 1. The first-order chi connectivity index (χ1) is 12.6. The van der Waals surface area contributed by atoms with Crippen LogP contribution >= 0.6 is 0 Å². The highest BCUT2D eigenvalue weighted by atomic mass is 16.1. The first-order valence-electron chi connectivity index (χ1n) is 9.82. The van der Waals surface area contributed by atoms with E-state index in [1.54, 1.807) is 0 Å². The molecule has 0 saturated heterocycles. The number of aryl methyl sites for hydroxylation is 4. The van der Waals surface area contributed by atoms with Crippen LogP contribution in [0.1, 0.15) is 60.5 Å². The SMILES string of the molecule is CCc1cccc(C)c1NC(=O)CN[C@@H](C)c1ccc2c(c1)CCCC2. The van der Waals surface area contributed by atoms with Gasteiger partial charge in [-0.3, -0.25) is 4.79 Å². The van der Waals surface area contributed by atoms with E-state index in [-0.39, 0.29) is 11.9 Å². The number of amides is 1. The Morgan fingerprint density at radius 2 is 1.88 bits per heavy atom. The Bertz CT molecular complexity index is 782. The monoisotopic (exact) mass is 350 g/mol. The van der Waals surface area contributed by atoms with Gasteiger partial charge in [-0.2, -0.15) is 0 Å². The largest absolute Gasteiger partial charge is 0.324 e. The molecule has 0 bridgehead atoms. The minimum absolute atomic E-state index is 0.0128. The molecule has 0 unspecified atom stereocenters. The maximum absolute atomic E-state index is 12.4. The van der Waals surface area contributed by atoms with Gasteiger partial charge < -0.3 is 10.6 Å². The smallest absolute Gasteiger partial charge is 0.238 e. The number of fused-ring (bicyclic) bond motifs is 1. The van der Waals surface area contributed by atoms with Gasteiger partial charge in [0.2, 0.25) is 5.91 Å². The van der Waals surface area contributed by atoms with E-state index in [2.05, 4.69) is 48.7 Å². The van der Waals surface area contributed by atoms with Crippen molar-refractivity contribution in [2.75, 3.05) is 11.9 Å². The lowest BCUT2D eigenvalue weighted by Crippen LogP contribution is -2.30. The summed E-state index contributed by atoms with van der Waals surface area (Å²) in [5.41, 5.74) is 7.50. The molecule has 2 N–H and O–H groups in total. The van der Waals surface area contributed by atoms with Gasteiger partial charge in [0.1, 0.15) is 0 Å².